The van der Waals surface area contributed by atoms with Crippen molar-refractivity contribution in [2.75, 3.05) is 19.7 Å². The summed E-state index contributed by atoms with van der Waals surface area (Å²) in [6.07, 6.45) is 1.43. The Labute approximate surface area is 171 Å². The molecule has 9 heteroatoms. The number of carbonyl (C=O) groups is 1. The van der Waals surface area contributed by atoms with Crippen molar-refractivity contribution in [2.45, 2.75) is 32.7 Å². The molecule has 154 valence electrons. The summed E-state index contributed by atoms with van der Waals surface area (Å²) < 4.78 is 20.1. The molecule has 4 rings (SSSR count). The highest BCUT2D eigenvalue weighted by Gasteiger charge is 2.37. The Morgan fingerprint density at radius 2 is 2.07 bits per heavy atom. The molecule has 0 saturated carbocycles. The molecule has 0 bridgehead atoms. The number of likely N-dealkylation sites (tertiary alicyclic amines) is 1. The third-order valence-corrected chi connectivity index (χ3v) is 6.51. The molecule has 1 aromatic carbocycles. The van der Waals surface area contributed by atoms with Gasteiger partial charge in [-0.05, 0) is 38.1 Å². The smallest absolute Gasteiger partial charge is 0.309 e. The number of halogens is 1. The van der Waals surface area contributed by atoms with Gasteiger partial charge in [-0.15, -0.1) is 5.10 Å². The molecule has 3 heterocycles. The number of carbonyl (C=O) groups excluding carboxylic acids is 1. The number of nitrogens with one attached hydrogen (secondary N) is 1. The molecule has 3 aromatic rings. The molecule has 0 spiro atoms. The van der Waals surface area contributed by atoms with Crippen LogP contribution in [0.25, 0.3) is 4.96 Å². The second kappa shape index (κ2) is 8.08. The molecule has 1 aliphatic rings. The lowest BCUT2D eigenvalue weighted by Gasteiger charge is -2.33. The molecule has 29 heavy (non-hydrogen) atoms. The zero-order chi connectivity index (χ0) is 20.5. The number of aryl methyl sites for hydroxylation is 1. The first-order valence-electron chi connectivity index (χ1n) is 9.79. The summed E-state index contributed by atoms with van der Waals surface area (Å²) >= 11 is 1.39. The van der Waals surface area contributed by atoms with Crippen LogP contribution in [0.5, 0.6) is 5.88 Å². The third kappa shape index (κ3) is 3.84. The number of benzene rings is 1. The molecule has 2 aromatic heterocycles. The first kappa shape index (κ1) is 19.8. The van der Waals surface area contributed by atoms with Gasteiger partial charge in [0, 0.05) is 18.4 Å². The van der Waals surface area contributed by atoms with Crippen molar-refractivity contribution in [1.82, 2.24) is 14.6 Å². The van der Waals surface area contributed by atoms with Crippen molar-refractivity contribution in [3.8, 4) is 5.88 Å². The van der Waals surface area contributed by atoms with Gasteiger partial charge in [-0.25, -0.2) is 9.37 Å². The van der Waals surface area contributed by atoms with Crippen molar-refractivity contribution in [2.24, 2.45) is 5.92 Å². The summed E-state index contributed by atoms with van der Waals surface area (Å²) in [4.78, 5) is 19.0. The van der Waals surface area contributed by atoms with Crippen LogP contribution in [0.15, 0.2) is 24.3 Å². The number of quaternary nitrogens is 1. The van der Waals surface area contributed by atoms with Gasteiger partial charge < -0.3 is 14.7 Å². The minimum atomic E-state index is -0.300. The van der Waals surface area contributed by atoms with E-state index in [-0.39, 0.29) is 29.6 Å². The Morgan fingerprint density at radius 1 is 1.38 bits per heavy atom. The number of rotatable bonds is 5. The van der Waals surface area contributed by atoms with E-state index >= 15 is 0 Å². The van der Waals surface area contributed by atoms with E-state index in [0.717, 1.165) is 23.5 Å². The number of thiazole rings is 1. The highest BCUT2D eigenvalue weighted by atomic mass is 32.1. The number of ether oxygens (including phenoxy) is 1. The van der Waals surface area contributed by atoms with Crippen molar-refractivity contribution < 1.29 is 23.9 Å². The van der Waals surface area contributed by atoms with Gasteiger partial charge in [-0.3, -0.25) is 4.79 Å². The Bertz CT molecular complexity index is 1010. The van der Waals surface area contributed by atoms with E-state index in [2.05, 4.69) is 10.1 Å². The lowest BCUT2D eigenvalue weighted by Crippen LogP contribution is -3.13. The number of hydrogen-bond donors (Lipinski definition) is 2. The maximum atomic E-state index is 13.5. The minimum Gasteiger partial charge on any atom is -0.492 e. The van der Waals surface area contributed by atoms with Crippen LogP contribution in [0.2, 0.25) is 0 Å². The number of fused-ring (bicyclic) bond motifs is 1. The average Bonchev–Trinajstić information content (AvgIpc) is 3.22. The van der Waals surface area contributed by atoms with E-state index in [1.807, 2.05) is 6.92 Å². The van der Waals surface area contributed by atoms with Crippen molar-refractivity contribution in [3.63, 3.8) is 0 Å². The Morgan fingerprint density at radius 3 is 2.69 bits per heavy atom. The molecule has 0 radical (unpaired) electrons. The highest BCUT2D eigenvalue weighted by molar-refractivity contribution is 7.17. The van der Waals surface area contributed by atoms with Crippen LogP contribution in [-0.4, -0.2) is 45.4 Å². The largest absolute Gasteiger partial charge is 0.492 e. The van der Waals surface area contributed by atoms with Gasteiger partial charge in [0.15, 0.2) is 6.04 Å². The standard InChI is InChI=1S/C20H23FN4O3S/c1-3-28-19(27)14-8-10-24(11-9-14)16(13-4-6-15(21)7-5-13)17-18(26)25-20(29-17)22-12(2)23-25/h4-7,14,16,26H,3,8-11H2,1-2H3/p+1/t16-/m1/s1. The second-order valence-corrected chi connectivity index (χ2v) is 8.32. The number of hydrogen-bond acceptors (Lipinski definition) is 6. The fourth-order valence-corrected chi connectivity index (χ4v) is 5.22. The number of aromatic nitrogens is 3. The van der Waals surface area contributed by atoms with Crippen LogP contribution in [0, 0.1) is 18.7 Å². The van der Waals surface area contributed by atoms with E-state index in [1.165, 1.54) is 32.9 Å². The monoisotopic (exact) mass is 419 g/mol. The summed E-state index contributed by atoms with van der Waals surface area (Å²) in [7, 11) is 0. The fourth-order valence-electron chi connectivity index (χ4n) is 4.04. The van der Waals surface area contributed by atoms with Crippen LogP contribution in [0.4, 0.5) is 4.39 Å². The molecular weight excluding hydrogens is 395 g/mol. The van der Waals surface area contributed by atoms with E-state index < -0.39 is 0 Å². The Kier molecular flexibility index (Phi) is 5.51. The molecule has 7 nitrogen and oxygen atoms in total. The molecule has 2 N–H and O–H groups in total. The lowest BCUT2D eigenvalue weighted by atomic mass is 9.93. The zero-order valence-electron chi connectivity index (χ0n) is 16.4. The maximum Gasteiger partial charge on any atom is 0.309 e. The van der Waals surface area contributed by atoms with E-state index in [0.29, 0.717) is 30.2 Å². The van der Waals surface area contributed by atoms with Crippen LogP contribution in [-0.2, 0) is 9.53 Å². The third-order valence-electron chi connectivity index (χ3n) is 5.43. The summed E-state index contributed by atoms with van der Waals surface area (Å²) in [5.41, 5.74) is 0.910. The number of aromatic hydroxyl groups is 1. The van der Waals surface area contributed by atoms with Crippen LogP contribution < -0.4 is 4.90 Å². The molecule has 1 atom stereocenters. The van der Waals surface area contributed by atoms with Gasteiger partial charge in [0.05, 0.1) is 25.6 Å². The summed E-state index contributed by atoms with van der Waals surface area (Å²) in [6, 6.07) is 6.19. The quantitative estimate of drug-likeness (QED) is 0.618. The van der Waals surface area contributed by atoms with Crippen molar-refractivity contribution >= 4 is 22.3 Å². The van der Waals surface area contributed by atoms with E-state index in [4.69, 9.17) is 4.74 Å². The van der Waals surface area contributed by atoms with Gasteiger partial charge in [-0.1, -0.05) is 11.3 Å². The highest BCUT2D eigenvalue weighted by Crippen LogP contribution is 2.35. The Hall–Kier alpha value is -2.52. The lowest BCUT2D eigenvalue weighted by molar-refractivity contribution is -0.930. The van der Waals surface area contributed by atoms with Crippen LogP contribution >= 0.6 is 11.3 Å². The molecule has 1 fully saturated rings. The van der Waals surface area contributed by atoms with Gasteiger partial charge in [0.1, 0.15) is 16.5 Å². The molecule has 0 amide bonds. The SMILES string of the molecule is CCOC(=O)C1CC[NH+]([C@H](c2ccc(F)cc2)c2sc3nc(C)nn3c2O)CC1. The molecular formula is C20H24FN4O3S+. The number of esters is 1. The van der Waals surface area contributed by atoms with Gasteiger partial charge in [0.25, 0.3) is 0 Å². The number of nitrogens with zero attached hydrogens (tertiary/aromatic N) is 3. The summed E-state index contributed by atoms with van der Waals surface area (Å²) in [6.45, 7) is 5.48. The maximum absolute atomic E-state index is 13.5. The van der Waals surface area contributed by atoms with Gasteiger partial charge in [0.2, 0.25) is 10.8 Å². The minimum absolute atomic E-state index is 0.0694. The van der Waals surface area contributed by atoms with Crippen molar-refractivity contribution in [1.29, 1.82) is 0 Å². The first-order valence-corrected chi connectivity index (χ1v) is 10.6. The van der Waals surface area contributed by atoms with Crippen LogP contribution in [0.3, 0.4) is 0 Å². The molecule has 1 saturated heterocycles. The molecule has 0 unspecified atom stereocenters. The van der Waals surface area contributed by atoms with E-state index in [1.54, 1.807) is 19.1 Å². The average molecular weight is 420 g/mol. The second-order valence-electron chi connectivity index (χ2n) is 7.31. The Balaban J connectivity index is 1.66. The van der Waals surface area contributed by atoms with Gasteiger partial charge >= 0.3 is 5.97 Å². The van der Waals surface area contributed by atoms with Gasteiger partial charge in [-0.2, -0.15) is 4.52 Å². The normalized spacial score (nSPS) is 20.7. The zero-order valence-corrected chi connectivity index (χ0v) is 17.2. The molecule has 0 aliphatic carbocycles. The summed E-state index contributed by atoms with van der Waals surface area (Å²) in [5.74, 6) is 0.137. The fraction of sp³-hybridized carbons (Fsp3) is 0.450. The molecule has 1 aliphatic heterocycles. The topological polar surface area (TPSA) is 81.2 Å². The predicted octanol–water partition coefficient (Wildman–Crippen LogP) is 1.89. The summed E-state index contributed by atoms with van der Waals surface area (Å²) in [5, 5.41) is 15.1. The van der Waals surface area contributed by atoms with Crippen LogP contribution in [0.1, 0.15) is 42.1 Å². The predicted molar refractivity (Wildman–Crippen MR) is 106 cm³/mol. The van der Waals surface area contributed by atoms with E-state index in [9.17, 15) is 14.3 Å². The number of piperidine rings is 1. The first-order chi connectivity index (χ1) is 14.0. The van der Waals surface area contributed by atoms with Crippen molar-refractivity contribution in [3.05, 3.63) is 46.3 Å².